The van der Waals surface area contributed by atoms with Gasteiger partial charge >= 0.3 is 0 Å². The first-order valence-corrected chi connectivity index (χ1v) is 5.99. The van der Waals surface area contributed by atoms with Crippen molar-refractivity contribution in [2.24, 2.45) is 5.84 Å². The SMILES string of the molecule is Cc1nc(NN)c(F)c(N2CCN(C)[C@H](C)C2)n1. The highest BCUT2D eigenvalue weighted by molar-refractivity contribution is 5.51. The smallest absolute Gasteiger partial charge is 0.209 e. The van der Waals surface area contributed by atoms with Crippen LogP contribution in [0, 0.1) is 12.7 Å². The highest BCUT2D eigenvalue weighted by Gasteiger charge is 2.25. The number of nitrogens with zero attached hydrogens (tertiary/aromatic N) is 4. The Morgan fingerprint density at radius 1 is 1.39 bits per heavy atom. The second kappa shape index (κ2) is 5.03. The van der Waals surface area contributed by atoms with Crippen LogP contribution in [0.2, 0.25) is 0 Å². The van der Waals surface area contributed by atoms with Crippen LogP contribution in [0.25, 0.3) is 0 Å². The fourth-order valence-electron chi connectivity index (χ4n) is 2.09. The summed E-state index contributed by atoms with van der Waals surface area (Å²) in [5, 5.41) is 0. The van der Waals surface area contributed by atoms with Crippen LogP contribution in [0.15, 0.2) is 0 Å². The third kappa shape index (κ3) is 2.37. The zero-order chi connectivity index (χ0) is 13.3. The zero-order valence-corrected chi connectivity index (χ0v) is 10.9. The number of hydrogen-bond acceptors (Lipinski definition) is 6. The molecule has 2 heterocycles. The number of aryl methyl sites for hydroxylation is 1. The van der Waals surface area contributed by atoms with E-state index < -0.39 is 5.82 Å². The molecule has 0 aliphatic carbocycles. The number of rotatable bonds is 2. The van der Waals surface area contributed by atoms with Gasteiger partial charge in [-0.25, -0.2) is 15.8 Å². The minimum absolute atomic E-state index is 0.0454. The predicted molar refractivity (Wildman–Crippen MR) is 68.8 cm³/mol. The molecule has 0 unspecified atom stereocenters. The summed E-state index contributed by atoms with van der Waals surface area (Å²) in [5.41, 5.74) is 2.27. The molecule has 1 aliphatic rings. The Morgan fingerprint density at radius 3 is 2.72 bits per heavy atom. The lowest BCUT2D eigenvalue weighted by atomic mass is 10.2. The number of nitrogens with one attached hydrogen (secondary N) is 1. The number of nitrogens with two attached hydrogens (primary N) is 1. The van der Waals surface area contributed by atoms with E-state index in [4.69, 9.17) is 5.84 Å². The molecule has 0 spiro atoms. The molecule has 2 rings (SSSR count). The molecule has 0 aromatic carbocycles. The van der Waals surface area contributed by atoms with E-state index in [-0.39, 0.29) is 5.82 Å². The number of hydrogen-bond donors (Lipinski definition) is 2. The minimum Gasteiger partial charge on any atom is -0.351 e. The lowest BCUT2D eigenvalue weighted by Crippen LogP contribution is -2.50. The quantitative estimate of drug-likeness (QED) is 0.586. The predicted octanol–water partition coefficient (Wildman–Crippen LogP) is 0.350. The van der Waals surface area contributed by atoms with Crippen LogP contribution < -0.4 is 16.2 Å². The molecule has 0 bridgehead atoms. The molecule has 3 N–H and O–H groups in total. The molecule has 18 heavy (non-hydrogen) atoms. The molecule has 1 aliphatic heterocycles. The number of nitrogen functional groups attached to an aromatic ring is 1. The van der Waals surface area contributed by atoms with Crippen LogP contribution in [0.4, 0.5) is 16.0 Å². The van der Waals surface area contributed by atoms with E-state index in [9.17, 15) is 4.39 Å². The van der Waals surface area contributed by atoms with Crippen LogP contribution in [0.5, 0.6) is 0 Å². The highest BCUT2D eigenvalue weighted by Crippen LogP contribution is 2.24. The molecule has 100 valence electrons. The van der Waals surface area contributed by atoms with Crippen LogP contribution >= 0.6 is 0 Å². The van der Waals surface area contributed by atoms with Gasteiger partial charge < -0.3 is 15.2 Å². The number of hydrazine groups is 1. The van der Waals surface area contributed by atoms with Crippen LogP contribution in [-0.2, 0) is 0 Å². The van der Waals surface area contributed by atoms with Crippen molar-refractivity contribution in [3.63, 3.8) is 0 Å². The van der Waals surface area contributed by atoms with Gasteiger partial charge in [0.05, 0.1) is 0 Å². The van der Waals surface area contributed by atoms with Gasteiger partial charge in [-0.05, 0) is 20.9 Å². The van der Waals surface area contributed by atoms with Crippen molar-refractivity contribution < 1.29 is 4.39 Å². The van der Waals surface area contributed by atoms with Gasteiger partial charge in [-0.2, -0.15) is 4.39 Å². The highest BCUT2D eigenvalue weighted by atomic mass is 19.1. The standard InChI is InChI=1S/C11H19FN6/c1-7-6-18(5-4-17(7)3)11-9(12)10(16-13)14-8(2)15-11/h7H,4-6,13H2,1-3H3,(H,14,15,16)/t7-/m1/s1. The summed E-state index contributed by atoms with van der Waals surface area (Å²) in [4.78, 5) is 12.3. The van der Waals surface area contributed by atoms with E-state index in [0.29, 0.717) is 17.7 Å². The van der Waals surface area contributed by atoms with Gasteiger partial charge in [-0.15, -0.1) is 0 Å². The Morgan fingerprint density at radius 2 is 2.11 bits per heavy atom. The van der Waals surface area contributed by atoms with Crippen molar-refractivity contribution >= 4 is 11.6 Å². The van der Waals surface area contributed by atoms with Gasteiger partial charge in [-0.1, -0.05) is 0 Å². The largest absolute Gasteiger partial charge is 0.351 e. The second-order valence-corrected chi connectivity index (χ2v) is 4.68. The molecule has 1 atom stereocenters. The molecule has 0 amide bonds. The number of anilines is 2. The zero-order valence-electron chi connectivity index (χ0n) is 10.9. The van der Waals surface area contributed by atoms with Gasteiger partial charge in [0.15, 0.2) is 11.6 Å². The van der Waals surface area contributed by atoms with E-state index in [0.717, 1.165) is 19.6 Å². The number of piperazine rings is 1. The minimum atomic E-state index is -0.486. The van der Waals surface area contributed by atoms with Gasteiger partial charge in [-0.3, -0.25) is 0 Å². The average Bonchev–Trinajstić information content (AvgIpc) is 2.35. The molecule has 0 saturated carbocycles. The van der Waals surface area contributed by atoms with Gasteiger partial charge in [0, 0.05) is 25.7 Å². The van der Waals surface area contributed by atoms with Gasteiger partial charge in [0.1, 0.15) is 5.82 Å². The summed E-state index contributed by atoms with van der Waals surface area (Å²) in [6.45, 7) is 6.21. The Kier molecular flexibility index (Phi) is 3.63. The fraction of sp³-hybridized carbons (Fsp3) is 0.636. The van der Waals surface area contributed by atoms with Gasteiger partial charge in [0.25, 0.3) is 0 Å². The number of aromatic nitrogens is 2. The average molecular weight is 254 g/mol. The Bertz CT molecular complexity index is 438. The molecule has 7 heteroatoms. The maximum absolute atomic E-state index is 14.1. The first kappa shape index (κ1) is 13.0. The van der Waals surface area contributed by atoms with E-state index >= 15 is 0 Å². The molecule has 1 aromatic rings. The molecule has 1 fully saturated rings. The third-order valence-electron chi connectivity index (χ3n) is 3.34. The van der Waals surface area contributed by atoms with Crippen LogP contribution in [-0.4, -0.2) is 47.6 Å². The lowest BCUT2D eigenvalue weighted by molar-refractivity contribution is 0.232. The van der Waals surface area contributed by atoms with Crippen molar-refractivity contribution in [2.75, 3.05) is 37.0 Å². The summed E-state index contributed by atoms with van der Waals surface area (Å²) in [6.07, 6.45) is 0. The molecule has 6 nitrogen and oxygen atoms in total. The van der Waals surface area contributed by atoms with E-state index in [2.05, 4.69) is 34.3 Å². The Labute approximate surface area is 106 Å². The first-order chi connectivity index (χ1) is 8.52. The van der Waals surface area contributed by atoms with E-state index in [1.807, 2.05) is 4.90 Å². The fourth-order valence-corrected chi connectivity index (χ4v) is 2.09. The Hall–Kier alpha value is -1.47. The van der Waals surface area contributed by atoms with E-state index in [1.165, 1.54) is 0 Å². The summed E-state index contributed by atoms with van der Waals surface area (Å²) >= 11 is 0. The van der Waals surface area contributed by atoms with Crippen molar-refractivity contribution in [2.45, 2.75) is 19.9 Å². The second-order valence-electron chi connectivity index (χ2n) is 4.68. The molecular formula is C11H19FN6. The topological polar surface area (TPSA) is 70.3 Å². The third-order valence-corrected chi connectivity index (χ3v) is 3.34. The monoisotopic (exact) mass is 254 g/mol. The Balaban J connectivity index is 2.30. The van der Waals surface area contributed by atoms with Crippen molar-refractivity contribution in [1.29, 1.82) is 0 Å². The number of halogens is 1. The summed E-state index contributed by atoms with van der Waals surface area (Å²) < 4.78 is 14.1. The van der Waals surface area contributed by atoms with E-state index in [1.54, 1.807) is 6.92 Å². The first-order valence-electron chi connectivity index (χ1n) is 5.99. The summed E-state index contributed by atoms with van der Waals surface area (Å²) in [5.74, 6) is 5.65. The molecule has 1 aromatic heterocycles. The van der Waals surface area contributed by atoms with Crippen LogP contribution in [0.3, 0.4) is 0 Å². The maximum atomic E-state index is 14.1. The molecule has 1 saturated heterocycles. The molecular weight excluding hydrogens is 235 g/mol. The lowest BCUT2D eigenvalue weighted by Gasteiger charge is -2.38. The number of likely N-dealkylation sites (N-methyl/N-ethyl adjacent to an activating group) is 1. The maximum Gasteiger partial charge on any atom is 0.209 e. The summed E-state index contributed by atoms with van der Waals surface area (Å²) in [7, 11) is 2.07. The van der Waals surface area contributed by atoms with Crippen molar-refractivity contribution in [1.82, 2.24) is 14.9 Å². The van der Waals surface area contributed by atoms with Gasteiger partial charge in [0.2, 0.25) is 5.82 Å². The molecule has 0 radical (unpaired) electrons. The van der Waals surface area contributed by atoms with Crippen LogP contribution in [0.1, 0.15) is 12.7 Å². The van der Waals surface area contributed by atoms with Crippen molar-refractivity contribution in [3.05, 3.63) is 11.6 Å². The van der Waals surface area contributed by atoms with Crippen molar-refractivity contribution in [3.8, 4) is 0 Å². The summed E-state index contributed by atoms with van der Waals surface area (Å²) in [6, 6.07) is 0.364. The normalized spacial score (nSPS) is 21.2.